The molecule has 0 aliphatic carbocycles. The summed E-state index contributed by atoms with van der Waals surface area (Å²) < 4.78 is 17.9. The molecule has 240 valence electrons. The Morgan fingerprint density at radius 3 is 2.33 bits per heavy atom. The summed E-state index contributed by atoms with van der Waals surface area (Å²) in [5, 5.41) is 43.0. The van der Waals surface area contributed by atoms with Gasteiger partial charge >= 0.3 is 5.97 Å². The van der Waals surface area contributed by atoms with E-state index in [9.17, 15) is 34.8 Å². The smallest absolute Gasteiger partial charge is 0.308 e. The summed E-state index contributed by atoms with van der Waals surface area (Å²) in [7, 11) is 3.43. The van der Waals surface area contributed by atoms with Crippen molar-refractivity contribution >= 4 is 18.0 Å². The van der Waals surface area contributed by atoms with Crippen molar-refractivity contribution in [1.29, 1.82) is 0 Å². The Balaban J connectivity index is 2.52. The van der Waals surface area contributed by atoms with Crippen molar-refractivity contribution in [3.05, 3.63) is 23.8 Å². The molecule has 0 aromatic carbocycles. The van der Waals surface area contributed by atoms with Gasteiger partial charge in [-0.25, -0.2) is 0 Å². The molecular weight excluding hydrogens is 546 g/mol. The summed E-state index contributed by atoms with van der Waals surface area (Å²) in [6, 6.07) is -0.711. The molecule has 0 bridgehead atoms. The number of hydrogen-bond donors (Lipinski definition) is 4. The lowest BCUT2D eigenvalue weighted by Gasteiger charge is -2.46. The van der Waals surface area contributed by atoms with Crippen LogP contribution in [0.15, 0.2) is 23.8 Å². The van der Waals surface area contributed by atoms with Gasteiger partial charge in [-0.1, -0.05) is 38.5 Å². The molecule has 0 aromatic rings. The molecular formula is C31H51NO10. The molecule has 1 saturated heterocycles. The van der Waals surface area contributed by atoms with Gasteiger partial charge in [-0.3, -0.25) is 9.59 Å². The number of esters is 1. The first-order valence-corrected chi connectivity index (χ1v) is 14.9. The van der Waals surface area contributed by atoms with E-state index in [4.69, 9.17) is 14.2 Å². The number of likely N-dealkylation sites (N-methyl/N-ethyl adjacent to an activating group) is 1. The molecule has 2 aliphatic heterocycles. The number of aliphatic hydroxyl groups is 4. The Morgan fingerprint density at radius 1 is 1.10 bits per heavy atom. The quantitative estimate of drug-likeness (QED) is 0.248. The van der Waals surface area contributed by atoms with Crippen LogP contribution in [-0.4, -0.2) is 113 Å². The lowest BCUT2D eigenvalue weighted by molar-refractivity contribution is -0.304. The molecule has 0 amide bonds. The molecule has 0 saturated carbocycles. The van der Waals surface area contributed by atoms with Crippen LogP contribution in [0.4, 0.5) is 0 Å². The highest BCUT2D eigenvalue weighted by atomic mass is 16.7. The van der Waals surface area contributed by atoms with E-state index in [1.54, 1.807) is 58.8 Å². The summed E-state index contributed by atoms with van der Waals surface area (Å²) in [4.78, 5) is 39.6. The summed E-state index contributed by atoms with van der Waals surface area (Å²) in [5.74, 6) is -3.16. The highest BCUT2D eigenvalue weighted by Gasteiger charge is 2.47. The molecule has 42 heavy (non-hydrogen) atoms. The molecule has 2 aliphatic rings. The average Bonchev–Trinajstić information content (AvgIpc) is 2.93. The molecule has 12 atom stereocenters. The molecule has 0 aromatic heterocycles. The zero-order valence-corrected chi connectivity index (χ0v) is 26.0. The van der Waals surface area contributed by atoms with E-state index in [0.29, 0.717) is 12.0 Å². The zero-order valence-electron chi connectivity index (χ0n) is 26.0. The van der Waals surface area contributed by atoms with Crippen molar-refractivity contribution in [2.75, 3.05) is 20.7 Å². The number of carbonyl (C=O) groups excluding carboxylic acids is 3. The van der Waals surface area contributed by atoms with Crippen molar-refractivity contribution in [2.45, 2.75) is 109 Å². The molecule has 11 heteroatoms. The van der Waals surface area contributed by atoms with Gasteiger partial charge in [0.2, 0.25) is 0 Å². The average molecular weight is 598 g/mol. The first kappa shape index (κ1) is 36.2. The molecule has 4 unspecified atom stereocenters. The van der Waals surface area contributed by atoms with E-state index in [0.717, 1.165) is 6.29 Å². The number of carbonyl (C=O) groups is 3. The van der Waals surface area contributed by atoms with Crippen LogP contribution in [0.1, 0.15) is 60.3 Å². The number of allylic oxidation sites excluding steroid dienone is 3. The van der Waals surface area contributed by atoms with Crippen molar-refractivity contribution in [3.63, 3.8) is 0 Å². The fraction of sp³-hybridized carbons (Fsp3) is 0.774. The summed E-state index contributed by atoms with van der Waals surface area (Å²) >= 11 is 0. The number of cyclic esters (lactones) is 1. The topological polar surface area (TPSA) is 163 Å². The number of ketones is 1. The molecule has 11 nitrogen and oxygen atoms in total. The summed E-state index contributed by atoms with van der Waals surface area (Å²) in [6.45, 7) is 8.42. The lowest BCUT2D eigenvalue weighted by atomic mass is 9.79. The van der Waals surface area contributed by atoms with Gasteiger partial charge in [0.05, 0.1) is 43.5 Å². The van der Waals surface area contributed by atoms with Crippen LogP contribution >= 0.6 is 0 Å². The number of aldehydes is 1. The van der Waals surface area contributed by atoms with Gasteiger partial charge in [0.1, 0.15) is 18.5 Å². The lowest BCUT2D eigenvalue weighted by Crippen LogP contribution is -2.63. The van der Waals surface area contributed by atoms with Gasteiger partial charge in [-0.15, -0.1) is 0 Å². The first-order valence-electron chi connectivity index (χ1n) is 14.9. The van der Waals surface area contributed by atoms with Gasteiger partial charge in [0.25, 0.3) is 0 Å². The molecule has 2 rings (SSSR count). The maximum atomic E-state index is 13.1. The van der Waals surface area contributed by atoms with Crippen molar-refractivity contribution < 1.29 is 49.0 Å². The van der Waals surface area contributed by atoms with Crippen LogP contribution in [0.3, 0.4) is 0 Å². The van der Waals surface area contributed by atoms with E-state index in [-0.39, 0.29) is 31.7 Å². The predicted molar refractivity (Wildman–Crippen MR) is 155 cm³/mol. The van der Waals surface area contributed by atoms with Gasteiger partial charge in [-0.2, -0.15) is 0 Å². The van der Waals surface area contributed by atoms with Crippen LogP contribution in [-0.2, 0) is 28.6 Å². The molecule has 0 spiro atoms. The van der Waals surface area contributed by atoms with Gasteiger partial charge < -0.3 is 44.3 Å². The Kier molecular flexibility index (Phi) is 14.4. The zero-order chi connectivity index (χ0) is 31.7. The van der Waals surface area contributed by atoms with E-state index < -0.39 is 78.6 Å². The van der Waals surface area contributed by atoms with Crippen LogP contribution < -0.4 is 0 Å². The largest absolute Gasteiger partial charge is 0.462 e. The third-order valence-corrected chi connectivity index (χ3v) is 8.56. The fourth-order valence-corrected chi connectivity index (χ4v) is 5.93. The number of rotatable bonds is 7. The number of ether oxygens (including phenoxy) is 3. The monoisotopic (exact) mass is 597 g/mol. The minimum atomic E-state index is -1.27. The third-order valence-electron chi connectivity index (χ3n) is 8.56. The van der Waals surface area contributed by atoms with Crippen LogP contribution in [0.5, 0.6) is 0 Å². The maximum Gasteiger partial charge on any atom is 0.308 e. The first-order chi connectivity index (χ1) is 19.7. The fourth-order valence-electron chi connectivity index (χ4n) is 5.93. The Morgan fingerprint density at radius 2 is 1.76 bits per heavy atom. The maximum absolute atomic E-state index is 13.1. The number of hydrogen-bond acceptors (Lipinski definition) is 11. The van der Waals surface area contributed by atoms with Gasteiger partial charge in [0, 0.05) is 24.2 Å². The Hall–Kier alpha value is -1.99. The second-order valence-corrected chi connectivity index (χ2v) is 12.1. The van der Waals surface area contributed by atoms with Crippen molar-refractivity contribution in [2.24, 2.45) is 23.7 Å². The van der Waals surface area contributed by atoms with Crippen LogP contribution in [0.2, 0.25) is 0 Å². The molecule has 4 N–H and O–H groups in total. The van der Waals surface area contributed by atoms with Gasteiger partial charge in [0.15, 0.2) is 12.1 Å². The second-order valence-electron chi connectivity index (χ2n) is 12.1. The third kappa shape index (κ3) is 9.51. The minimum Gasteiger partial charge on any atom is -0.462 e. The van der Waals surface area contributed by atoms with E-state index >= 15 is 0 Å². The molecule has 0 radical (unpaired) electrons. The second kappa shape index (κ2) is 16.7. The summed E-state index contributed by atoms with van der Waals surface area (Å²) in [6.07, 6.45) is -1.12. The van der Waals surface area contributed by atoms with E-state index in [1.165, 1.54) is 6.08 Å². The summed E-state index contributed by atoms with van der Waals surface area (Å²) in [5.41, 5.74) is 0.714. The highest BCUT2D eigenvalue weighted by Crippen LogP contribution is 2.34. The Labute approximate surface area is 249 Å². The van der Waals surface area contributed by atoms with Crippen molar-refractivity contribution in [1.82, 2.24) is 4.90 Å². The standard InChI is InChI=1S/C31H51NO10/c1-8-25-22(16-34)13-17(2)9-10-23(35)18(3)14-21(11-12-33)30(19(4)24(36)15-26(37)41-25)42-31-29(39)27(32(6)7)28(38)20(5)40-31/h9-10,12-13,18-22,24-25,27-31,34,36,38-39H,8,11,14-16H2,1-7H3/b10-9+,17-13+/t18-,19+,20?,21+,22?,24-,25-,27?,28-,29-,30-,31?/m1/s1. The van der Waals surface area contributed by atoms with Crippen LogP contribution in [0, 0.1) is 23.7 Å². The highest BCUT2D eigenvalue weighted by molar-refractivity contribution is 5.91. The van der Waals surface area contributed by atoms with Crippen molar-refractivity contribution in [3.8, 4) is 0 Å². The predicted octanol–water partition coefficient (Wildman–Crippen LogP) is 1.40. The van der Waals surface area contributed by atoms with E-state index in [1.807, 2.05) is 6.92 Å². The van der Waals surface area contributed by atoms with Crippen LogP contribution in [0.25, 0.3) is 0 Å². The molecule has 2 heterocycles. The Bertz CT molecular complexity index is 952. The number of nitrogens with zero attached hydrogens (tertiary/aromatic N) is 1. The minimum absolute atomic E-state index is 0.000625. The van der Waals surface area contributed by atoms with E-state index in [2.05, 4.69) is 0 Å². The number of aliphatic hydroxyl groups excluding tert-OH is 4. The SMILES string of the molecule is CC[C@H]1OC(=O)C[C@@H](O)[C@H](C)[C@@H](OC2OC(C)[C@@H](O)C(N(C)C)[C@H]2O)[C@@H](CC=O)C[C@@H](C)C(=O)/C=C/C(C)=C/C1CO. The molecule has 1 fully saturated rings. The normalized spacial score (nSPS) is 41.6. The van der Waals surface area contributed by atoms with Gasteiger partial charge in [-0.05, 0) is 52.8 Å².